The summed E-state index contributed by atoms with van der Waals surface area (Å²) in [4.78, 5) is 14.0. The molecule has 2 aliphatic heterocycles. The van der Waals surface area contributed by atoms with E-state index in [1.807, 2.05) is 25.7 Å². The molecule has 2 N–H and O–H groups in total. The van der Waals surface area contributed by atoms with Crippen molar-refractivity contribution in [1.29, 1.82) is 0 Å². The molecule has 0 aromatic rings. The van der Waals surface area contributed by atoms with E-state index in [0.29, 0.717) is 24.4 Å². The number of fused-ring (bicyclic) bond motifs is 3. The van der Waals surface area contributed by atoms with E-state index in [4.69, 9.17) is 10.5 Å². The molecule has 0 unspecified atom stereocenters. The van der Waals surface area contributed by atoms with E-state index >= 15 is 0 Å². The van der Waals surface area contributed by atoms with E-state index in [-0.39, 0.29) is 6.09 Å². The first-order valence-corrected chi connectivity index (χ1v) is 6.60. The molecule has 3 fully saturated rings. The number of piperidine rings is 2. The summed E-state index contributed by atoms with van der Waals surface area (Å²) in [6, 6.07) is 0.305. The van der Waals surface area contributed by atoms with E-state index in [9.17, 15) is 4.79 Å². The molecule has 3 aliphatic rings. The fourth-order valence-corrected chi connectivity index (χ4v) is 3.12. The van der Waals surface area contributed by atoms with Crippen LogP contribution in [-0.4, -0.2) is 35.7 Å². The number of hydrogen-bond acceptors (Lipinski definition) is 3. The molecule has 0 spiro atoms. The minimum atomic E-state index is -0.411. The number of carbonyl (C=O) groups is 1. The highest BCUT2D eigenvalue weighted by Gasteiger charge is 2.43. The molecule has 1 aliphatic carbocycles. The molecule has 4 heteroatoms. The SMILES string of the molecule is CC(C)(C)OC(=O)N1C[C@@H]2CC[C@H]1[C@@H](CN)C2. The summed E-state index contributed by atoms with van der Waals surface area (Å²) in [5.41, 5.74) is 5.39. The summed E-state index contributed by atoms with van der Waals surface area (Å²) < 4.78 is 5.47. The number of ether oxygens (including phenoxy) is 1. The first-order valence-electron chi connectivity index (χ1n) is 6.60. The van der Waals surface area contributed by atoms with Gasteiger partial charge in [0.2, 0.25) is 0 Å². The maximum absolute atomic E-state index is 12.1. The Morgan fingerprint density at radius 3 is 2.65 bits per heavy atom. The van der Waals surface area contributed by atoms with Gasteiger partial charge in [-0.3, -0.25) is 0 Å². The zero-order chi connectivity index (χ0) is 12.6. The van der Waals surface area contributed by atoms with Crippen LogP contribution in [0.3, 0.4) is 0 Å². The van der Waals surface area contributed by atoms with E-state index in [0.717, 1.165) is 13.0 Å². The van der Waals surface area contributed by atoms with Crippen LogP contribution in [0.15, 0.2) is 0 Å². The van der Waals surface area contributed by atoms with Crippen molar-refractivity contribution in [2.24, 2.45) is 17.6 Å². The molecule has 2 saturated heterocycles. The summed E-state index contributed by atoms with van der Waals surface area (Å²) >= 11 is 0. The molecular weight excluding hydrogens is 216 g/mol. The Hall–Kier alpha value is -0.770. The lowest BCUT2D eigenvalue weighted by atomic mass is 9.73. The lowest BCUT2D eigenvalue weighted by molar-refractivity contribution is -0.0300. The molecule has 4 nitrogen and oxygen atoms in total. The molecule has 0 aromatic heterocycles. The van der Waals surface area contributed by atoms with Crippen molar-refractivity contribution in [2.75, 3.05) is 13.1 Å². The fraction of sp³-hybridized carbons (Fsp3) is 0.923. The van der Waals surface area contributed by atoms with Crippen LogP contribution >= 0.6 is 0 Å². The molecule has 2 bridgehead atoms. The summed E-state index contributed by atoms with van der Waals surface area (Å²) in [5.74, 6) is 1.09. The minimum absolute atomic E-state index is 0.162. The van der Waals surface area contributed by atoms with Crippen LogP contribution in [0.4, 0.5) is 4.79 Å². The first kappa shape index (κ1) is 12.7. The molecule has 2 heterocycles. The Balaban J connectivity index is 2.04. The number of nitrogens with two attached hydrogens (primary N) is 1. The Morgan fingerprint density at radius 1 is 1.41 bits per heavy atom. The third-order valence-electron chi connectivity index (χ3n) is 3.84. The lowest BCUT2D eigenvalue weighted by Crippen LogP contribution is -2.57. The van der Waals surface area contributed by atoms with Crippen LogP contribution in [-0.2, 0) is 4.74 Å². The largest absolute Gasteiger partial charge is 0.444 e. The summed E-state index contributed by atoms with van der Waals surface area (Å²) in [6.07, 6.45) is 3.34. The Morgan fingerprint density at radius 2 is 2.12 bits per heavy atom. The normalized spacial score (nSPS) is 32.7. The van der Waals surface area contributed by atoms with Gasteiger partial charge in [0.1, 0.15) is 5.60 Å². The van der Waals surface area contributed by atoms with Crippen molar-refractivity contribution in [3.05, 3.63) is 0 Å². The summed E-state index contributed by atoms with van der Waals surface area (Å²) in [6.45, 7) is 7.27. The van der Waals surface area contributed by atoms with Gasteiger partial charge in [0.25, 0.3) is 0 Å². The van der Waals surface area contributed by atoms with Crippen LogP contribution in [0.1, 0.15) is 40.0 Å². The Bertz CT molecular complexity index is 298. The zero-order valence-corrected chi connectivity index (χ0v) is 11.1. The van der Waals surface area contributed by atoms with E-state index in [1.54, 1.807) is 0 Å². The van der Waals surface area contributed by atoms with Gasteiger partial charge in [0.05, 0.1) is 0 Å². The topological polar surface area (TPSA) is 55.6 Å². The van der Waals surface area contributed by atoms with Gasteiger partial charge >= 0.3 is 6.09 Å². The predicted octanol–water partition coefficient (Wildman–Crippen LogP) is 1.98. The number of amides is 1. The second-order valence-electron chi connectivity index (χ2n) is 6.37. The second kappa shape index (κ2) is 4.48. The molecule has 17 heavy (non-hydrogen) atoms. The van der Waals surface area contributed by atoms with Crippen molar-refractivity contribution in [1.82, 2.24) is 4.90 Å². The second-order valence-corrected chi connectivity index (χ2v) is 6.37. The average Bonchev–Trinajstić information content (AvgIpc) is 2.27. The third kappa shape index (κ3) is 2.73. The molecule has 3 rings (SSSR count). The van der Waals surface area contributed by atoms with Crippen LogP contribution < -0.4 is 5.73 Å². The van der Waals surface area contributed by atoms with Crippen molar-refractivity contribution in [3.63, 3.8) is 0 Å². The van der Waals surface area contributed by atoms with Crippen LogP contribution in [0, 0.1) is 11.8 Å². The number of carbonyl (C=O) groups excluding carboxylic acids is 1. The lowest BCUT2D eigenvalue weighted by Gasteiger charge is -2.49. The average molecular weight is 240 g/mol. The number of rotatable bonds is 1. The smallest absolute Gasteiger partial charge is 0.410 e. The first-order chi connectivity index (χ1) is 7.90. The molecule has 98 valence electrons. The molecule has 1 saturated carbocycles. The van der Waals surface area contributed by atoms with Crippen molar-refractivity contribution in [2.45, 2.75) is 51.7 Å². The van der Waals surface area contributed by atoms with Gasteiger partial charge in [0, 0.05) is 12.6 Å². The molecule has 0 aromatic carbocycles. The summed E-state index contributed by atoms with van der Waals surface area (Å²) in [5, 5.41) is 0. The van der Waals surface area contributed by atoms with Crippen LogP contribution in [0.5, 0.6) is 0 Å². The van der Waals surface area contributed by atoms with Gasteiger partial charge in [-0.15, -0.1) is 0 Å². The highest BCUT2D eigenvalue weighted by Crippen LogP contribution is 2.39. The molecule has 1 amide bonds. The third-order valence-corrected chi connectivity index (χ3v) is 3.84. The van der Waals surface area contributed by atoms with Crippen LogP contribution in [0.2, 0.25) is 0 Å². The maximum Gasteiger partial charge on any atom is 0.410 e. The molecule has 3 atom stereocenters. The van der Waals surface area contributed by atoms with Gasteiger partial charge in [-0.2, -0.15) is 0 Å². The van der Waals surface area contributed by atoms with Gasteiger partial charge in [-0.25, -0.2) is 4.79 Å². The Kier molecular flexibility index (Phi) is 3.34. The summed E-state index contributed by atoms with van der Waals surface area (Å²) in [7, 11) is 0. The van der Waals surface area contributed by atoms with Crippen molar-refractivity contribution >= 4 is 6.09 Å². The van der Waals surface area contributed by atoms with Gasteiger partial charge in [-0.1, -0.05) is 0 Å². The fourth-order valence-electron chi connectivity index (χ4n) is 3.12. The molecule has 0 radical (unpaired) electrons. The maximum atomic E-state index is 12.1. The van der Waals surface area contributed by atoms with Crippen molar-refractivity contribution in [3.8, 4) is 0 Å². The monoisotopic (exact) mass is 240 g/mol. The number of nitrogens with zero attached hydrogens (tertiary/aromatic N) is 1. The minimum Gasteiger partial charge on any atom is -0.444 e. The predicted molar refractivity (Wildman–Crippen MR) is 66.6 cm³/mol. The van der Waals surface area contributed by atoms with E-state index < -0.39 is 5.60 Å². The van der Waals surface area contributed by atoms with Crippen LogP contribution in [0.25, 0.3) is 0 Å². The van der Waals surface area contributed by atoms with E-state index in [1.165, 1.54) is 12.8 Å². The highest BCUT2D eigenvalue weighted by atomic mass is 16.6. The van der Waals surface area contributed by atoms with E-state index in [2.05, 4.69) is 0 Å². The molecular formula is C13H24N2O2. The Labute approximate surface area is 103 Å². The highest BCUT2D eigenvalue weighted by molar-refractivity contribution is 5.69. The number of hydrogen-bond donors (Lipinski definition) is 1. The van der Waals surface area contributed by atoms with Crippen molar-refractivity contribution < 1.29 is 9.53 Å². The van der Waals surface area contributed by atoms with Gasteiger partial charge in [0.15, 0.2) is 0 Å². The van der Waals surface area contributed by atoms with Gasteiger partial charge in [-0.05, 0) is 58.4 Å². The zero-order valence-electron chi connectivity index (χ0n) is 11.1. The standard InChI is InChI=1S/C13H24N2O2/c1-13(2,3)17-12(16)15-8-9-4-5-11(15)10(6-9)7-14/h9-11H,4-8,14H2,1-3H3/t9-,10-,11+/m1/s1. The van der Waals surface area contributed by atoms with Gasteiger partial charge < -0.3 is 15.4 Å². The quantitative estimate of drug-likeness (QED) is 0.762.